The number of anilines is 1. The van der Waals surface area contributed by atoms with Crippen LogP contribution in [-0.2, 0) is 13.0 Å². The van der Waals surface area contributed by atoms with E-state index in [0.29, 0.717) is 6.54 Å². The summed E-state index contributed by atoms with van der Waals surface area (Å²) in [5.74, 6) is 0.722. The molecule has 0 atom stereocenters. The SMILES string of the molecule is CCc1ccc(-n2c(-c3ccccc3)c(NCc3ccccc3)[nH]c2=O)cc1. The first-order valence-electron chi connectivity index (χ1n) is 9.54. The molecule has 4 heteroatoms. The van der Waals surface area contributed by atoms with Crippen LogP contribution < -0.4 is 11.0 Å². The lowest BCUT2D eigenvalue weighted by Gasteiger charge is -2.12. The van der Waals surface area contributed by atoms with E-state index in [1.54, 1.807) is 4.57 Å². The maximum absolute atomic E-state index is 12.9. The minimum absolute atomic E-state index is 0.154. The van der Waals surface area contributed by atoms with Gasteiger partial charge in [0.25, 0.3) is 0 Å². The van der Waals surface area contributed by atoms with Crippen LogP contribution in [0.5, 0.6) is 0 Å². The summed E-state index contributed by atoms with van der Waals surface area (Å²) in [6.45, 7) is 2.76. The minimum atomic E-state index is -0.154. The second-order valence-electron chi connectivity index (χ2n) is 6.71. The fourth-order valence-electron chi connectivity index (χ4n) is 3.35. The van der Waals surface area contributed by atoms with Gasteiger partial charge in [0.15, 0.2) is 0 Å². The van der Waals surface area contributed by atoms with Gasteiger partial charge in [-0.2, -0.15) is 0 Å². The quantitative estimate of drug-likeness (QED) is 0.502. The summed E-state index contributed by atoms with van der Waals surface area (Å²) in [5.41, 5.74) is 4.92. The Hall–Kier alpha value is -3.53. The van der Waals surface area contributed by atoms with Crippen LogP contribution in [-0.4, -0.2) is 9.55 Å². The highest BCUT2D eigenvalue weighted by molar-refractivity contribution is 5.74. The molecule has 2 N–H and O–H groups in total. The first-order chi connectivity index (χ1) is 13.8. The van der Waals surface area contributed by atoms with Crippen LogP contribution in [0.2, 0.25) is 0 Å². The van der Waals surface area contributed by atoms with E-state index < -0.39 is 0 Å². The number of aromatic amines is 1. The first kappa shape index (κ1) is 17.9. The summed E-state index contributed by atoms with van der Waals surface area (Å²) >= 11 is 0. The lowest BCUT2D eigenvalue weighted by atomic mass is 10.1. The second-order valence-corrected chi connectivity index (χ2v) is 6.71. The summed E-state index contributed by atoms with van der Waals surface area (Å²) < 4.78 is 1.74. The van der Waals surface area contributed by atoms with Crippen molar-refractivity contribution in [1.29, 1.82) is 0 Å². The second kappa shape index (κ2) is 8.01. The largest absolute Gasteiger partial charge is 0.366 e. The number of aromatic nitrogens is 2. The molecule has 140 valence electrons. The highest BCUT2D eigenvalue weighted by Gasteiger charge is 2.17. The number of nitrogens with one attached hydrogen (secondary N) is 2. The third-order valence-corrected chi connectivity index (χ3v) is 4.86. The fraction of sp³-hybridized carbons (Fsp3) is 0.125. The Kier molecular flexibility index (Phi) is 5.11. The molecule has 4 nitrogen and oxygen atoms in total. The van der Waals surface area contributed by atoms with Gasteiger partial charge in [-0.05, 0) is 29.7 Å². The zero-order valence-corrected chi connectivity index (χ0v) is 15.9. The van der Waals surface area contributed by atoms with Crippen molar-refractivity contribution in [2.24, 2.45) is 0 Å². The summed E-state index contributed by atoms with van der Waals surface area (Å²) in [7, 11) is 0. The van der Waals surface area contributed by atoms with E-state index in [4.69, 9.17) is 0 Å². The third-order valence-electron chi connectivity index (χ3n) is 4.86. The Labute approximate surface area is 164 Å². The molecule has 0 saturated carbocycles. The van der Waals surface area contributed by atoms with Crippen molar-refractivity contribution in [2.45, 2.75) is 19.9 Å². The van der Waals surface area contributed by atoms with E-state index in [1.165, 1.54) is 5.56 Å². The predicted octanol–water partition coefficient (Wildman–Crippen LogP) is 5.01. The number of rotatable bonds is 6. The Morgan fingerprint density at radius 2 is 1.46 bits per heavy atom. The summed E-state index contributed by atoms with van der Waals surface area (Å²) in [6.07, 6.45) is 0.970. The Bertz CT molecular complexity index is 1090. The van der Waals surface area contributed by atoms with Gasteiger partial charge in [-0.3, -0.25) is 9.55 Å². The van der Waals surface area contributed by atoms with Crippen molar-refractivity contribution in [1.82, 2.24) is 9.55 Å². The normalized spacial score (nSPS) is 10.8. The molecule has 0 aliphatic heterocycles. The van der Waals surface area contributed by atoms with Gasteiger partial charge in [0, 0.05) is 12.1 Å². The van der Waals surface area contributed by atoms with Gasteiger partial charge in [-0.15, -0.1) is 0 Å². The van der Waals surface area contributed by atoms with E-state index in [2.05, 4.69) is 41.5 Å². The van der Waals surface area contributed by atoms with Crippen LogP contribution in [0.4, 0.5) is 5.82 Å². The Balaban J connectivity index is 1.79. The van der Waals surface area contributed by atoms with E-state index in [0.717, 1.165) is 34.7 Å². The molecule has 1 aromatic heterocycles. The van der Waals surface area contributed by atoms with E-state index in [1.807, 2.05) is 60.7 Å². The van der Waals surface area contributed by atoms with Crippen molar-refractivity contribution >= 4 is 5.82 Å². The molecule has 0 saturated heterocycles. The van der Waals surface area contributed by atoms with Crippen LogP contribution >= 0.6 is 0 Å². The Morgan fingerprint density at radius 3 is 2.11 bits per heavy atom. The summed E-state index contributed by atoms with van der Waals surface area (Å²) in [4.78, 5) is 15.9. The average Bonchev–Trinajstić information content (AvgIpc) is 3.09. The van der Waals surface area contributed by atoms with E-state index in [9.17, 15) is 4.79 Å². The van der Waals surface area contributed by atoms with Crippen LogP contribution in [0.3, 0.4) is 0 Å². The summed E-state index contributed by atoms with van der Waals surface area (Å²) in [6, 6.07) is 28.3. The molecule has 3 aromatic carbocycles. The van der Waals surface area contributed by atoms with Crippen LogP contribution in [0.15, 0.2) is 89.7 Å². The van der Waals surface area contributed by atoms with Crippen molar-refractivity contribution in [3.8, 4) is 16.9 Å². The van der Waals surface area contributed by atoms with Gasteiger partial charge in [0.1, 0.15) is 5.82 Å². The number of aryl methyl sites for hydroxylation is 1. The molecule has 0 radical (unpaired) electrons. The van der Waals surface area contributed by atoms with Crippen LogP contribution in [0, 0.1) is 0 Å². The van der Waals surface area contributed by atoms with E-state index >= 15 is 0 Å². The molecule has 0 amide bonds. The lowest BCUT2D eigenvalue weighted by Crippen LogP contribution is -2.15. The Morgan fingerprint density at radius 1 is 0.821 bits per heavy atom. The average molecular weight is 369 g/mol. The van der Waals surface area contributed by atoms with Crippen LogP contribution in [0.25, 0.3) is 16.9 Å². The minimum Gasteiger partial charge on any atom is -0.366 e. The van der Waals surface area contributed by atoms with Gasteiger partial charge in [-0.25, -0.2) is 4.79 Å². The molecular formula is C24H23N3O. The van der Waals surface area contributed by atoms with Crippen LogP contribution in [0.1, 0.15) is 18.1 Å². The lowest BCUT2D eigenvalue weighted by molar-refractivity contribution is 0.988. The molecule has 28 heavy (non-hydrogen) atoms. The predicted molar refractivity (Wildman–Crippen MR) is 115 cm³/mol. The molecule has 4 aromatic rings. The maximum Gasteiger partial charge on any atom is 0.332 e. The van der Waals surface area contributed by atoms with Gasteiger partial charge in [-0.1, -0.05) is 79.7 Å². The van der Waals surface area contributed by atoms with Crippen molar-refractivity contribution in [3.05, 3.63) is 107 Å². The molecule has 0 aliphatic rings. The zero-order chi connectivity index (χ0) is 19.3. The van der Waals surface area contributed by atoms with Gasteiger partial charge < -0.3 is 5.32 Å². The third kappa shape index (κ3) is 3.62. The number of hydrogen-bond donors (Lipinski definition) is 2. The van der Waals surface area contributed by atoms with Crippen molar-refractivity contribution in [2.75, 3.05) is 5.32 Å². The fourth-order valence-corrected chi connectivity index (χ4v) is 3.35. The number of benzene rings is 3. The first-order valence-corrected chi connectivity index (χ1v) is 9.54. The number of imidazole rings is 1. The molecule has 4 rings (SSSR count). The summed E-state index contributed by atoms with van der Waals surface area (Å²) in [5, 5.41) is 3.41. The number of H-pyrrole nitrogens is 1. The molecule has 0 aliphatic carbocycles. The number of nitrogens with zero attached hydrogens (tertiary/aromatic N) is 1. The van der Waals surface area contributed by atoms with Crippen molar-refractivity contribution in [3.63, 3.8) is 0 Å². The highest BCUT2D eigenvalue weighted by Crippen LogP contribution is 2.28. The molecule has 0 bridgehead atoms. The monoisotopic (exact) mass is 369 g/mol. The van der Waals surface area contributed by atoms with Gasteiger partial charge in [0.2, 0.25) is 0 Å². The van der Waals surface area contributed by atoms with Crippen molar-refractivity contribution < 1.29 is 0 Å². The molecule has 0 unspecified atom stereocenters. The van der Waals surface area contributed by atoms with E-state index in [-0.39, 0.29) is 5.69 Å². The molecule has 0 spiro atoms. The maximum atomic E-state index is 12.9. The standard InChI is InChI=1S/C24H23N3O/c1-2-18-13-15-21(16-14-18)27-22(20-11-7-4-8-12-20)23(26-24(27)28)25-17-19-9-5-3-6-10-19/h3-16,25H,2,17H2,1H3,(H,26,28). The highest BCUT2D eigenvalue weighted by atomic mass is 16.1. The molecular weight excluding hydrogens is 346 g/mol. The topological polar surface area (TPSA) is 49.8 Å². The van der Waals surface area contributed by atoms with Gasteiger partial charge >= 0.3 is 5.69 Å². The molecule has 0 fully saturated rings. The molecule has 1 heterocycles. The number of hydrogen-bond acceptors (Lipinski definition) is 2. The van der Waals surface area contributed by atoms with Gasteiger partial charge in [0.05, 0.1) is 11.4 Å². The smallest absolute Gasteiger partial charge is 0.332 e. The zero-order valence-electron chi connectivity index (χ0n) is 15.9.